The van der Waals surface area contributed by atoms with Crippen molar-refractivity contribution in [2.75, 3.05) is 5.32 Å². The lowest BCUT2D eigenvalue weighted by molar-refractivity contribution is -0.117. The zero-order valence-corrected chi connectivity index (χ0v) is 21.6. The quantitative estimate of drug-likeness (QED) is 0.457. The number of nitrogens with one attached hydrogen (secondary N) is 2. The second kappa shape index (κ2) is 8.78. The van der Waals surface area contributed by atoms with Crippen molar-refractivity contribution in [3.8, 4) is 11.1 Å². The molecule has 2 saturated carbocycles. The van der Waals surface area contributed by atoms with Crippen LogP contribution in [0.15, 0.2) is 41.1 Å². The molecule has 1 unspecified atom stereocenters. The van der Waals surface area contributed by atoms with Gasteiger partial charge in [-0.1, -0.05) is 50.5 Å². The standard InChI is InChI=1S/C29H33N5O3/c1-28(2,3)27-33-26(37-34-27)25(36)31-22-7-5-4-6-19-14-17(8-9-20(19)22)18-10-13-30-23(15-18)32-24(35)21-16-29(21)11-12-29/h8-10,13-15,21-22H,4-7,11-12,16H2,1-3H3,(H,31,36)(H,30,32,35)/t21-,22?/m0/s1. The molecule has 1 spiro atoms. The van der Waals surface area contributed by atoms with E-state index < -0.39 is 0 Å². The van der Waals surface area contributed by atoms with Crippen LogP contribution >= 0.6 is 0 Å². The molecule has 2 aromatic heterocycles. The Morgan fingerprint density at radius 1 is 1.08 bits per heavy atom. The monoisotopic (exact) mass is 499 g/mol. The molecule has 0 bridgehead atoms. The van der Waals surface area contributed by atoms with E-state index >= 15 is 0 Å². The Balaban J connectivity index is 1.19. The number of amides is 2. The van der Waals surface area contributed by atoms with E-state index in [-0.39, 0.29) is 35.1 Å². The van der Waals surface area contributed by atoms with Gasteiger partial charge in [-0.2, -0.15) is 4.98 Å². The summed E-state index contributed by atoms with van der Waals surface area (Å²) in [4.78, 5) is 34.2. The highest BCUT2D eigenvalue weighted by Crippen LogP contribution is 2.70. The van der Waals surface area contributed by atoms with Gasteiger partial charge in [-0.25, -0.2) is 4.98 Å². The zero-order chi connectivity index (χ0) is 25.8. The maximum Gasteiger partial charge on any atom is 0.315 e. The summed E-state index contributed by atoms with van der Waals surface area (Å²) < 4.78 is 5.25. The Hall–Kier alpha value is -3.55. The number of carbonyl (C=O) groups is 2. The van der Waals surface area contributed by atoms with Gasteiger partial charge in [-0.3, -0.25) is 9.59 Å². The maximum atomic E-state index is 12.9. The van der Waals surface area contributed by atoms with Gasteiger partial charge in [0.1, 0.15) is 5.82 Å². The van der Waals surface area contributed by atoms with Crippen LogP contribution in [0.2, 0.25) is 0 Å². The first kappa shape index (κ1) is 23.8. The smallest absolute Gasteiger partial charge is 0.315 e. The molecule has 2 N–H and O–H groups in total. The van der Waals surface area contributed by atoms with Gasteiger partial charge in [0.05, 0.1) is 6.04 Å². The van der Waals surface area contributed by atoms with Crippen LogP contribution in [0.3, 0.4) is 0 Å². The van der Waals surface area contributed by atoms with Crippen molar-refractivity contribution >= 4 is 17.6 Å². The van der Waals surface area contributed by atoms with E-state index in [0.717, 1.165) is 48.8 Å². The summed E-state index contributed by atoms with van der Waals surface area (Å²) in [5, 5.41) is 10.1. The van der Waals surface area contributed by atoms with E-state index in [2.05, 4.69) is 44.0 Å². The molecule has 8 nitrogen and oxygen atoms in total. The van der Waals surface area contributed by atoms with Gasteiger partial charge in [-0.15, -0.1) is 0 Å². The average Bonchev–Trinajstić information content (AvgIpc) is 3.76. The molecule has 8 heteroatoms. The number of aryl methyl sites for hydroxylation is 1. The van der Waals surface area contributed by atoms with Crippen LogP contribution < -0.4 is 10.6 Å². The van der Waals surface area contributed by atoms with Gasteiger partial charge in [0, 0.05) is 17.5 Å². The highest BCUT2D eigenvalue weighted by Gasteiger charge is 2.65. The largest absolute Gasteiger partial charge is 0.341 e. The van der Waals surface area contributed by atoms with Crippen LogP contribution in [0.4, 0.5) is 5.82 Å². The molecule has 2 amide bonds. The fourth-order valence-corrected chi connectivity index (χ4v) is 5.47. The molecule has 1 aromatic carbocycles. The molecule has 2 atom stereocenters. The third kappa shape index (κ3) is 4.77. The first-order valence-electron chi connectivity index (χ1n) is 13.3. The van der Waals surface area contributed by atoms with Crippen molar-refractivity contribution in [2.24, 2.45) is 11.3 Å². The van der Waals surface area contributed by atoms with Crippen molar-refractivity contribution in [2.45, 2.75) is 77.2 Å². The number of pyridine rings is 1. The fraction of sp³-hybridized carbons (Fsp3) is 0.483. The van der Waals surface area contributed by atoms with Gasteiger partial charge in [0.2, 0.25) is 5.91 Å². The molecule has 3 aliphatic rings. The maximum absolute atomic E-state index is 12.9. The summed E-state index contributed by atoms with van der Waals surface area (Å²) in [5.74, 6) is 1.02. The third-order valence-electron chi connectivity index (χ3n) is 8.05. The van der Waals surface area contributed by atoms with Crippen LogP contribution in [-0.2, 0) is 16.6 Å². The summed E-state index contributed by atoms with van der Waals surface area (Å²) in [6, 6.07) is 10.2. The molecule has 3 aromatic rings. The number of hydrogen-bond acceptors (Lipinski definition) is 6. The second-order valence-corrected chi connectivity index (χ2v) is 11.9. The Morgan fingerprint density at radius 2 is 1.89 bits per heavy atom. The Kier molecular flexibility index (Phi) is 5.66. The Morgan fingerprint density at radius 3 is 2.62 bits per heavy atom. The van der Waals surface area contributed by atoms with Crippen molar-refractivity contribution < 1.29 is 14.1 Å². The first-order valence-corrected chi connectivity index (χ1v) is 13.3. The minimum absolute atomic E-state index is 0.00231. The van der Waals surface area contributed by atoms with E-state index in [1.165, 1.54) is 18.4 Å². The molecule has 37 heavy (non-hydrogen) atoms. The lowest BCUT2D eigenvalue weighted by Gasteiger charge is -2.19. The first-order chi connectivity index (χ1) is 17.7. The zero-order valence-electron chi connectivity index (χ0n) is 21.6. The summed E-state index contributed by atoms with van der Waals surface area (Å²) in [6.07, 6.45) is 9.00. The molecule has 0 radical (unpaired) electrons. The minimum Gasteiger partial charge on any atom is -0.341 e. The SMILES string of the molecule is CC(C)(C)c1noc(C(=O)NC2CCCCc3cc(-c4ccnc(NC(=O)[C@@H]5CC56CC6)c4)ccc32)n1. The van der Waals surface area contributed by atoms with E-state index in [1.807, 2.05) is 32.9 Å². The van der Waals surface area contributed by atoms with Crippen LogP contribution in [0.25, 0.3) is 11.1 Å². The number of aromatic nitrogens is 3. The van der Waals surface area contributed by atoms with Gasteiger partial charge in [0.15, 0.2) is 5.82 Å². The number of carbonyl (C=O) groups excluding carboxylic acids is 2. The minimum atomic E-state index is -0.344. The van der Waals surface area contributed by atoms with Crippen molar-refractivity contribution in [1.29, 1.82) is 0 Å². The van der Waals surface area contributed by atoms with Crippen LogP contribution in [0.5, 0.6) is 0 Å². The summed E-state index contributed by atoms with van der Waals surface area (Å²) in [5.41, 5.74) is 4.45. The number of benzene rings is 1. The molecule has 0 saturated heterocycles. The summed E-state index contributed by atoms with van der Waals surface area (Å²) >= 11 is 0. The predicted molar refractivity (Wildman–Crippen MR) is 139 cm³/mol. The molecular weight excluding hydrogens is 466 g/mol. The Labute approximate surface area is 216 Å². The number of nitrogens with zero attached hydrogens (tertiary/aromatic N) is 3. The Bertz CT molecular complexity index is 1370. The van der Waals surface area contributed by atoms with E-state index in [1.54, 1.807) is 6.20 Å². The number of fused-ring (bicyclic) bond motifs is 1. The van der Waals surface area contributed by atoms with Gasteiger partial charge in [0.25, 0.3) is 0 Å². The molecule has 0 aliphatic heterocycles. The van der Waals surface area contributed by atoms with Crippen LogP contribution in [-0.4, -0.2) is 26.9 Å². The second-order valence-electron chi connectivity index (χ2n) is 11.9. The third-order valence-corrected chi connectivity index (χ3v) is 8.05. The number of rotatable bonds is 5. The van der Waals surface area contributed by atoms with E-state index in [9.17, 15) is 9.59 Å². The molecule has 2 fully saturated rings. The molecule has 2 heterocycles. The summed E-state index contributed by atoms with van der Waals surface area (Å²) in [6.45, 7) is 5.94. The number of hydrogen-bond donors (Lipinski definition) is 2. The lowest BCUT2D eigenvalue weighted by Crippen LogP contribution is -2.29. The van der Waals surface area contributed by atoms with Crippen LogP contribution in [0.1, 0.15) is 93.0 Å². The van der Waals surface area contributed by atoms with Crippen molar-refractivity contribution in [3.63, 3.8) is 0 Å². The molecule has 3 aliphatic carbocycles. The highest BCUT2D eigenvalue weighted by molar-refractivity contribution is 5.95. The molecule has 6 rings (SSSR count). The van der Waals surface area contributed by atoms with Gasteiger partial charge >= 0.3 is 11.8 Å². The molecular formula is C29H33N5O3. The van der Waals surface area contributed by atoms with Crippen LogP contribution in [0, 0.1) is 11.3 Å². The predicted octanol–water partition coefficient (Wildman–Crippen LogP) is 5.37. The van der Waals surface area contributed by atoms with Crippen molar-refractivity contribution in [3.05, 3.63) is 59.4 Å². The average molecular weight is 500 g/mol. The van der Waals surface area contributed by atoms with Gasteiger partial charge in [-0.05, 0) is 78.3 Å². The number of anilines is 1. The normalized spacial score (nSPS) is 21.6. The van der Waals surface area contributed by atoms with Gasteiger partial charge < -0.3 is 15.2 Å². The highest BCUT2D eigenvalue weighted by atomic mass is 16.5. The van der Waals surface area contributed by atoms with E-state index in [4.69, 9.17) is 4.52 Å². The van der Waals surface area contributed by atoms with E-state index in [0.29, 0.717) is 17.1 Å². The topological polar surface area (TPSA) is 110 Å². The fourth-order valence-electron chi connectivity index (χ4n) is 5.47. The summed E-state index contributed by atoms with van der Waals surface area (Å²) in [7, 11) is 0. The lowest BCUT2D eigenvalue weighted by atomic mass is 9.94. The molecule has 192 valence electrons. The van der Waals surface area contributed by atoms with Crippen molar-refractivity contribution in [1.82, 2.24) is 20.4 Å².